The van der Waals surface area contributed by atoms with E-state index in [1.807, 2.05) is 0 Å². The van der Waals surface area contributed by atoms with Crippen LogP contribution in [0.1, 0.15) is 11.6 Å². The van der Waals surface area contributed by atoms with Gasteiger partial charge in [0, 0.05) is 0 Å². The van der Waals surface area contributed by atoms with E-state index in [-0.39, 0.29) is 17.1 Å². The maximum atomic E-state index is 12.3. The van der Waals surface area contributed by atoms with Crippen LogP contribution in [0, 0.1) is 0 Å². The molecule has 0 bridgehead atoms. The maximum Gasteiger partial charge on any atom is 0.257 e. The number of hydrogen-bond acceptors (Lipinski definition) is 3. The summed E-state index contributed by atoms with van der Waals surface area (Å²) in [6, 6.07) is 2.72. The van der Waals surface area contributed by atoms with Crippen LogP contribution in [0.25, 0.3) is 0 Å². The monoisotopic (exact) mass is 203 g/mol. The second-order valence-electron chi connectivity index (χ2n) is 2.75. The van der Waals surface area contributed by atoms with E-state index >= 15 is 0 Å². The van der Waals surface area contributed by atoms with Crippen LogP contribution in [0.5, 0.6) is 11.5 Å². The molecule has 5 heteroatoms. The summed E-state index contributed by atoms with van der Waals surface area (Å²) in [6.07, 6.45) is -2.74. The van der Waals surface area contributed by atoms with Gasteiger partial charge in [0.15, 0.2) is 0 Å². The standard InChI is InChI=1S/C9H11F2NO2/c1-14-6-4-2-3-5(13)7(6)8(12)9(10)11/h2-4,8-9,13H,12H2,1H3/t8-/m1/s1. The molecule has 0 saturated carbocycles. The van der Waals surface area contributed by atoms with Crippen LogP contribution in [0.4, 0.5) is 8.78 Å². The first-order valence-corrected chi connectivity index (χ1v) is 3.97. The average molecular weight is 203 g/mol. The van der Waals surface area contributed by atoms with E-state index in [9.17, 15) is 13.9 Å². The van der Waals surface area contributed by atoms with Crippen molar-refractivity contribution >= 4 is 0 Å². The van der Waals surface area contributed by atoms with Crippen LogP contribution in [0.15, 0.2) is 18.2 Å². The molecule has 1 rings (SSSR count). The van der Waals surface area contributed by atoms with Crippen molar-refractivity contribution in [3.63, 3.8) is 0 Å². The third-order valence-electron chi connectivity index (χ3n) is 1.87. The Morgan fingerprint density at radius 2 is 2.07 bits per heavy atom. The highest BCUT2D eigenvalue weighted by Crippen LogP contribution is 2.34. The van der Waals surface area contributed by atoms with Crippen molar-refractivity contribution in [2.45, 2.75) is 12.5 Å². The Balaban J connectivity index is 3.16. The first kappa shape index (κ1) is 10.7. The summed E-state index contributed by atoms with van der Waals surface area (Å²) >= 11 is 0. The molecule has 1 aromatic carbocycles. The van der Waals surface area contributed by atoms with Gasteiger partial charge in [-0.3, -0.25) is 0 Å². The van der Waals surface area contributed by atoms with Crippen LogP contribution in [-0.2, 0) is 0 Å². The fourth-order valence-electron chi connectivity index (χ4n) is 1.17. The number of phenolic OH excluding ortho intramolecular Hbond substituents is 1. The molecule has 0 heterocycles. The van der Waals surface area contributed by atoms with Crippen molar-refractivity contribution < 1.29 is 18.6 Å². The van der Waals surface area contributed by atoms with Gasteiger partial charge >= 0.3 is 0 Å². The summed E-state index contributed by atoms with van der Waals surface area (Å²) in [5, 5.41) is 9.35. The van der Waals surface area contributed by atoms with Gasteiger partial charge in [0.2, 0.25) is 0 Å². The molecule has 0 radical (unpaired) electrons. The lowest BCUT2D eigenvalue weighted by atomic mass is 10.1. The van der Waals surface area contributed by atoms with Gasteiger partial charge in [-0.05, 0) is 12.1 Å². The Hall–Kier alpha value is -1.36. The van der Waals surface area contributed by atoms with Crippen LogP contribution >= 0.6 is 0 Å². The molecule has 3 N–H and O–H groups in total. The van der Waals surface area contributed by atoms with Crippen LogP contribution in [0.2, 0.25) is 0 Å². The summed E-state index contributed by atoms with van der Waals surface area (Å²) in [7, 11) is 1.33. The van der Waals surface area contributed by atoms with E-state index < -0.39 is 12.5 Å². The molecule has 0 aliphatic heterocycles. The van der Waals surface area contributed by atoms with Gasteiger partial charge in [-0.15, -0.1) is 0 Å². The third kappa shape index (κ3) is 1.93. The highest BCUT2D eigenvalue weighted by Gasteiger charge is 2.24. The Labute approximate surface area is 80.1 Å². The molecule has 0 spiro atoms. The largest absolute Gasteiger partial charge is 0.507 e. The number of aromatic hydroxyl groups is 1. The van der Waals surface area contributed by atoms with E-state index in [0.29, 0.717) is 0 Å². The van der Waals surface area contributed by atoms with Gasteiger partial charge < -0.3 is 15.6 Å². The topological polar surface area (TPSA) is 55.5 Å². The molecular formula is C9H11F2NO2. The number of benzene rings is 1. The van der Waals surface area contributed by atoms with Gasteiger partial charge in [-0.2, -0.15) is 0 Å². The first-order chi connectivity index (χ1) is 6.57. The molecule has 0 aliphatic rings. The minimum absolute atomic E-state index is 0.0648. The second kappa shape index (κ2) is 4.23. The highest BCUT2D eigenvalue weighted by atomic mass is 19.3. The van der Waals surface area contributed by atoms with Crippen molar-refractivity contribution in [3.8, 4) is 11.5 Å². The Bertz CT molecular complexity index is 318. The summed E-state index contributed by atoms with van der Waals surface area (Å²) in [5.74, 6) is -0.116. The predicted octanol–water partition coefficient (Wildman–Crippen LogP) is 1.67. The van der Waals surface area contributed by atoms with Crippen molar-refractivity contribution in [2.75, 3.05) is 7.11 Å². The van der Waals surface area contributed by atoms with Gasteiger partial charge in [0.1, 0.15) is 11.5 Å². The number of hydrogen-bond donors (Lipinski definition) is 2. The van der Waals surface area contributed by atoms with Crippen molar-refractivity contribution in [1.29, 1.82) is 0 Å². The summed E-state index contributed by atoms with van der Waals surface area (Å²) in [6.45, 7) is 0. The Morgan fingerprint density at radius 3 is 2.57 bits per heavy atom. The number of methoxy groups -OCH3 is 1. The van der Waals surface area contributed by atoms with Gasteiger partial charge in [0.25, 0.3) is 6.43 Å². The lowest BCUT2D eigenvalue weighted by Gasteiger charge is -2.15. The molecule has 78 valence electrons. The summed E-state index contributed by atoms with van der Waals surface area (Å²) in [5.41, 5.74) is 5.16. The molecule has 0 aromatic heterocycles. The molecule has 1 atom stereocenters. The molecule has 0 aliphatic carbocycles. The molecule has 3 nitrogen and oxygen atoms in total. The van der Waals surface area contributed by atoms with Crippen molar-refractivity contribution in [1.82, 2.24) is 0 Å². The third-order valence-corrected chi connectivity index (χ3v) is 1.87. The normalized spacial score (nSPS) is 12.9. The Morgan fingerprint density at radius 1 is 1.43 bits per heavy atom. The van der Waals surface area contributed by atoms with Crippen LogP contribution in [-0.4, -0.2) is 18.6 Å². The summed E-state index contributed by atoms with van der Waals surface area (Å²) in [4.78, 5) is 0. The number of halogens is 2. The van der Waals surface area contributed by atoms with Gasteiger partial charge in [-0.25, -0.2) is 8.78 Å². The molecule has 0 unspecified atom stereocenters. The highest BCUT2D eigenvalue weighted by molar-refractivity contribution is 5.46. The number of phenols is 1. The predicted molar refractivity (Wildman–Crippen MR) is 47.6 cm³/mol. The molecule has 0 fully saturated rings. The zero-order chi connectivity index (χ0) is 10.7. The zero-order valence-corrected chi connectivity index (χ0v) is 7.58. The van der Waals surface area contributed by atoms with E-state index in [1.54, 1.807) is 0 Å². The van der Waals surface area contributed by atoms with Crippen LogP contribution in [0.3, 0.4) is 0 Å². The lowest BCUT2D eigenvalue weighted by molar-refractivity contribution is 0.114. The average Bonchev–Trinajstić information content (AvgIpc) is 2.16. The van der Waals surface area contributed by atoms with Gasteiger partial charge in [-0.1, -0.05) is 6.07 Å². The quantitative estimate of drug-likeness (QED) is 0.785. The van der Waals surface area contributed by atoms with Crippen molar-refractivity contribution in [3.05, 3.63) is 23.8 Å². The van der Waals surface area contributed by atoms with E-state index in [2.05, 4.69) is 0 Å². The number of nitrogens with two attached hydrogens (primary N) is 1. The SMILES string of the molecule is COc1cccc(O)c1[C@@H](N)C(F)F. The fraction of sp³-hybridized carbons (Fsp3) is 0.333. The maximum absolute atomic E-state index is 12.3. The van der Waals surface area contributed by atoms with E-state index in [1.165, 1.54) is 25.3 Å². The van der Waals surface area contributed by atoms with Gasteiger partial charge in [0.05, 0.1) is 18.7 Å². The molecule has 14 heavy (non-hydrogen) atoms. The molecule has 1 aromatic rings. The number of rotatable bonds is 3. The minimum Gasteiger partial charge on any atom is -0.507 e. The Kier molecular flexibility index (Phi) is 3.24. The number of ether oxygens (including phenoxy) is 1. The van der Waals surface area contributed by atoms with E-state index in [4.69, 9.17) is 10.5 Å². The fourth-order valence-corrected chi connectivity index (χ4v) is 1.17. The second-order valence-corrected chi connectivity index (χ2v) is 2.75. The minimum atomic E-state index is -2.74. The molecule has 0 amide bonds. The zero-order valence-electron chi connectivity index (χ0n) is 7.58. The number of alkyl halides is 2. The molecule has 0 saturated heterocycles. The van der Waals surface area contributed by atoms with Crippen LogP contribution < -0.4 is 10.5 Å². The molecular weight excluding hydrogens is 192 g/mol. The first-order valence-electron chi connectivity index (χ1n) is 3.97. The lowest BCUT2D eigenvalue weighted by Crippen LogP contribution is -2.19. The smallest absolute Gasteiger partial charge is 0.257 e. The van der Waals surface area contributed by atoms with Crippen molar-refractivity contribution in [2.24, 2.45) is 5.73 Å². The summed E-state index contributed by atoms with van der Waals surface area (Å²) < 4.78 is 29.5. The van der Waals surface area contributed by atoms with E-state index in [0.717, 1.165) is 0 Å².